The molecule has 0 fully saturated rings. The summed E-state index contributed by atoms with van der Waals surface area (Å²) in [4.78, 5) is 24.7. The third kappa shape index (κ3) is 7.24. The zero-order chi connectivity index (χ0) is 20.4. The summed E-state index contributed by atoms with van der Waals surface area (Å²) >= 11 is 0. The fourth-order valence-corrected chi connectivity index (χ4v) is 2.53. The number of hydrogen-bond acceptors (Lipinski definition) is 4. The van der Waals surface area contributed by atoms with Crippen LogP contribution in [-0.4, -0.2) is 52.2 Å². The average Bonchev–Trinajstić information content (AvgIpc) is 2.65. The molecule has 150 valence electrons. The molecule has 0 saturated heterocycles. The van der Waals surface area contributed by atoms with E-state index in [4.69, 9.17) is 9.47 Å². The third-order valence-corrected chi connectivity index (χ3v) is 3.78. The van der Waals surface area contributed by atoms with Crippen molar-refractivity contribution in [3.05, 3.63) is 54.3 Å². The number of para-hydroxylation sites is 2. The number of anilines is 1. The van der Waals surface area contributed by atoms with E-state index in [1.165, 1.54) is 18.2 Å². The quantitative estimate of drug-likeness (QED) is 0.516. The Labute approximate surface area is 163 Å². The summed E-state index contributed by atoms with van der Waals surface area (Å²) in [6.45, 7) is 0.845. The number of methoxy groups -OCH3 is 1. The normalized spacial score (nSPS) is 11.4. The molecule has 2 aromatic carbocycles. The first-order chi connectivity index (χ1) is 13.5. The summed E-state index contributed by atoms with van der Waals surface area (Å²) in [6, 6.07) is 12.9. The van der Waals surface area contributed by atoms with Gasteiger partial charge in [-0.2, -0.15) is 0 Å². The van der Waals surface area contributed by atoms with Crippen molar-refractivity contribution in [1.82, 2.24) is 5.32 Å². The second kappa shape index (κ2) is 10.9. The zero-order valence-corrected chi connectivity index (χ0v) is 16.0. The van der Waals surface area contributed by atoms with Crippen LogP contribution in [0.3, 0.4) is 0 Å². The Morgan fingerprint density at radius 2 is 1.75 bits per heavy atom. The highest BCUT2D eigenvalue weighted by molar-refractivity contribution is 5.91. The Hall–Kier alpha value is -3.13. The van der Waals surface area contributed by atoms with E-state index in [1.807, 2.05) is 12.1 Å². The molecule has 0 aromatic heterocycles. The molecule has 2 amide bonds. The number of amides is 2. The molecule has 0 aliphatic rings. The van der Waals surface area contributed by atoms with Crippen LogP contribution in [0.15, 0.2) is 48.5 Å². The van der Waals surface area contributed by atoms with E-state index < -0.39 is 5.82 Å². The Morgan fingerprint density at radius 1 is 1.04 bits per heavy atom. The second-order valence-electron chi connectivity index (χ2n) is 6.22. The maximum Gasteiger partial charge on any atom is 0.279 e. The maximum atomic E-state index is 13.1. The van der Waals surface area contributed by atoms with E-state index in [0.29, 0.717) is 35.2 Å². The van der Waals surface area contributed by atoms with Crippen molar-refractivity contribution < 1.29 is 28.4 Å². The van der Waals surface area contributed by atoms with Gasteiger partial charge in [0.25, 0.3) is 11.8 Å². The lowest BCUT2D eigenvalue weighted by Crippen LogP contribution is -3.11. The molecule has 0 radical (unpaired) electrons. The van der Waals surface area contributed by atoms with Gasteiger partial charge in [-0.15, -0.1) is 0 Å². The third-order valence-electron chi connectivity index (χ3n) is 3.78. The minimum Gasteiger partial charge on any atom is -0.493 e. The molecule has 0 bridgehead atoms. The lowest BCUT2D eigenvalue weighted by Gasteiger charge is -2.14. The lowest BCUT2D eigenvalue weighted by molar-refractivity contribution is -0.862. The molecule has 2 aromatic rings. The molecule has 8 heteroatoms. The van der Waals surface area contributed by atoms with Crippen LogP contribution in [0, 0.1) is 5.82 Å². The van der Waals surface area contributed by atoms with E-state index in [9.17, 15) is 14.0 Å². The van der Waals surface area contributed by atoms with Crippen LogP contribution >= 0.6 is 0 Å². The van der Waals surface area contributed by atoms with Gasteiger partial charge in [-0.1, -0.05) is 18.2 Å². The Kier molecular flexibility index (Phi) is 8.23. The van der Waals surface area contributed by atoms with Crippen molar-refractivity contribution in [1.29, 1.82) is 0 Å². The number of halogens is 1. The van der Waals surface area contributed by atoms with Gasteiger partial charge < -0.3 is 25.0 Å². The molecule has 1 atom stereocenters. The fourth-order valence-electron chi connectivity index (χ4n) is 2.53. The predicted octanol–water partition coefficient (Wildman–Crippen LogP) is 0.483. The molecule has 0 spiro atoms. The molecule has 0 aliphatic carbocycles. The number of carbonyl (C=O) groups excluding carboxylic acids is 2. The highest BCUT2D eigenvalue weighted by Gasteiger charge is 2.14. The van der Waals surface area contributed by atoms with Crippen LogP contribution in [0.1, 0.15) is 0 Å². The van der Waals surface area contributed by atoms with Crippen molar-refractivity contribution in [2.24, 2.45) is 0 Å². The van der Waals surface area contributed by atoms with Gasteiger partial charge in [0.1, 0.15) is 12.4 Å². The Balaban J connectivity index is 1.65. The number of likely N-dealkylation sites (N-methyl/N-ethyl adjacent to an activating group) is 1. The van der Waals surface area contributed by atoms with Crippen LogP contribution < -0.4 is 25.0 Å². The summed E-state index contributed by atoms with van der Waals surface area (Å²) < 4.78 is 23.9. The monoisotopic (exact) mass is 390 g/mol. The van der Waals surface area contributed by atoms with E-state index in [0.717, 1.165) is 0 Å². The zero-order valence-electron chi connectivity index (χ0n) is 16.0. The van der Waals surface area contributed by atoms with Crippen molar-refractivity contribution in [2.45, 2.75) is 0 Å². The molecule has 0 heterocycles. The highest BCUT2D eigenvalue weighted by atomic mass is 19.1. The summed E-state index contributed by atoms with van der Waals surface area (Å²) in [5.41, 5.74) is 0.385. The first-order valence-corrected chi connectivity index (χ1v) is 8.87. The molecule has 28 heavy (non-hydrogen) atoms. The van der Waals surface area contributed by atoms with Crippen LogP contribution in [0.25, 0.3) is 0 Å². The van der Waals surface area contributed by atoms with Gasteiger partial charge in [0, 0.05) is 5.69 Å². The number of nitrogens with one attached hydrogen (secondary N) is 3. The molecule has 0 saturated carbocycles. The minimum atomic E-state index is -0.423. The van der Waals surface area contributed by atoms with Gasteiger partial charge in [0.15, 0.2) is 24.6 Å². The summed E-state index contributed by atoms with van der Waals surface area (Å²) in [5.74, 6) is 0.321. The Bertz CT molecular complexity index is 801. The van der Waals surface area contributed by atoms with E-state index in [1.54, 1.807) is 32.4 Å². The molecule has 7 nitrogen and oxygen atoms in total. The molecule has 0 aliphatic heterocycles. The minimum absolute atomic E-state index is 0.0850. The van der Waals surface area contributed by atoms with Crippen LogP contribution in [0.2, 0.25) is 0 Å². The van der Waals surface area contributed by atoms with Gasteiger partial charge in [-0.25, -0.2) is 4.39 Å². The van der Waals surface area contributed by atoms with Gasteiger partial charge >= 0.3 is 0 Å². The standard InChI is InChI=1S/C20H24FN3O4/c1-24(14-20(26)23-16-7-5-6-15(21)12-16)13-19(25)22-10-11-28-18-9-4-3-8-17(18)27-2/h3-9,12H,10-11,13-14H2,1-2H3,(H,22,25)(H,23,26)/p+1. The summed E-state index contributed by atoms with van der Waals surface area (Å²) in [6.07, 6.45) is 0. The molecule has 2 rings (SSSR count). The number of quaternary nitrogens is 1. The summed E-state index contributed by atoms with van der Waals surface area (Å²) in [7, 11) is 3.29. The molecule has 3 N–H and O–H groups in total. The lowest BCUT2D eigenvalue weighted by atomic mass is 10.3. The molecular weight excluding hydrogens is 365 g/mol. The second-order valence-corrected chi connectivity index (χ2v) is 6.22. The van der Waals surface area contributed by atoms with Crippen LogP contribution in [0.5, 0.6) is 11.5 Å². The Morgan fingerprint density at radius 3 is 2.46 bits per heavy atom. The summed E-state index contributed by atoms with van der Waals surface area (Å²) in [5, 5.41) is 5.35. The van der Waals surface area contributed by atoms with Gasteiger partial charge in [0.05, 0.1) is 20.7 Å². The topological polar surface area (TPSA) is 81.1 Å². The van der Waals surface area contributed by atoms with Gasteiger partial charge in [0.2, 0.25) is 0 Å². The number of carbonyl (C=O) groups is 2. The van der Waals surface area contributed by atoms with E-state index in [-0.39, 0.29) is 24.9 Å². The van der Waals surface area contributed by atoms with Crippen molar-refractivity contribution in [2.75, 3.05) is 45.7 Å². The largest absolute Gasteiger partial charge is 0.493 e. The van der Waals surface area contributed by atoms with Crippen molar-refractivity contribution >= 4 is 17.5 Å². The number of rotatable bonds is 10. The number of ether oxygens (including phenoxy) is 2. The fraction of sp³-hybridized carbons (Fsp3) is 0.300. The molecule has 1 unspecified atom stereocenters. The smallest absolute Gasteiger partial charge is 0.279 e. The van der Waals surface area contributed by atoms with Crippen LogP contribution in [0.4, 0.5) is 10.1 Å². The van der Waals surface area contributed by atoms with Crippen LogP contribution in [-0.2, 0) is 9.59 Å². The first-order valence-electron chi connectivity index (χ1n) is 8.87. The first kappa shape index (κ1) is 21.2. The predicted molar refractivity (Wildman–Crippen MR) is 103 cm³/mol. The average molecular weight is 390 g/mol. The SMILES string of the molecule is COc1ccccc1OCCNC(=O)C[NH+](C)CC(=O)Nc1cccc(F)c1. The van der Waals surface area contributed by atoms with Crippen molar-refractivity contribution in [3.63, 3.8) is 0 Å². The van der Waals surface area contributed by atoms with E-state index in [2.05, 4.69) is 10.6 Å². The highest BCUT2D eigenvalue weighted by Crippen LogP contribution is 2.25. The van der Waals surface area contributed by atoms with Gasteiger partial charge in [-0.3, -0.25) is 9.59 Å². The number of hydrogen-bond donors (Lipinski definition) is 3. The van der Waals surface area contributed by atoms with E-state index >= 15 is 0 Å². The number of benzene rings is 2. The van der Waals surface area contributed by atoms with Crippen molar-refractivity contribution in [3.8, 4) is 11.5 Å². The van der Waals surface area contributed by atoms with Gasteiger partial charge in [-0.05, 0) is 30.3 Å². The molecular formula is C20H25FN3O4+. The maximum absolute atomic E-state index is 13.1.